The fraction of sp³-hybridized carbons (Fsp3) is 0.635. The second-order valence-corrected chi connectivity index (χ2v) is 29.6. The van der Waals surface area contributed by atoms with Crippen molar-refractivity contribution in [2.75, 3.05) is 19.8 Å². The third kappa shape index (κ3) is 15.4. The molecule has 4 N–H and O–H groups in total. The van der Waals surface area contributed by atoms with Gasteiger partial charge in [0.15, 0.2) is 17.3 Å². The number of hydrogen-bond donors (Lipinski definition) is 3. The van der Waals surface area contributed by atoms with Crippen LogP contribution in [-0.2, 0) is 41.9 Å². The lowest BCUT2D eigenvalue weighted by molar-refractivity contribution is -0.134. The lowest BCUT2D eigenvalue weighted by Crippen LogP contribution is -2.25. The van der Waals surface area contributed by atoms with E-state index in [1.165, 1.54) is 35.5 Å². The summed E-state index contributed by atoms with van der Waals surface area (Å²) in [6.07, 6.45) is 12.3. The Morgan fingerprint density at radius 1 is 0.574 bits per heavy atom. The number of nitrogen functional groups attached to an aromatic ring is 1. The summed E-state index contributed by atoms with van der Waals surface area (Å²) in [5.74, 6) is 5.57. The highest BCUT2D eigenvalue weighted by molar-refractivity contribution is 6.14. The molecule has 0 spiro atoms. The maximum Gasteiger partial charge on any atom is 0.220 e. The van der Waals surface area contributed by atoms with E-state index in [1.807, 2.05) is 94.3 Å². The zero-order valence-electron chi connectivity index (χ0n) is 61.0. The summed E-state index contributed by atoms with van der Waals surface area (Å²) in [6, 6.07) is 0. The molecule has 8 atom stereocenters. The van der Waals surface area contributed by atoms with Gasteiger partial charge in [-0.1, -0.05) is 132 Å². The topological polar surface area (TPSA) is 268 Å². The molecule has 7 aliphatic carbocycles. The number of ketones is 6. The van der Waals surface area contributed by atoms with Crippen LogP contribution in [0, 0.1) is 23.7 Å². The van der Waals surface area contributed by atoms with E-state index >= 15 is 0 Å². The Labute approximate surface area is 558 Å². The maximum atomic E-state index is 12.5. The number of aryl methyl sites for hydroxylation is 3. The van der Waals surface area contributed by atoms with E-state index in [9.17, 15) is 28.8 Å². The number of hydrogen-bond acceptors (Lipinski definition) is 15. The quantitative estimate of drug-likeness (QED) is 0.0944. The fourth-order valence-corrected chi connectivity index (χ4v) is 14.5. The van der Waals surface area contributed by atoms with Crippen molar-refractivity contribution < 1.29 is 28.8 Å². The van der Waals surface area contributed by atoms with E-state index < -0.39 is 0 Å². The molecular weight excluding hydrogens is 1180 g/mol. The van der Waals surface area contributed by atoms with Gasteiger partial charge in [0.2, 0.25) is 5.95 Å². The van der Waals surface area contributed by atoms with E-state index in [4.69, 9.17) is 5.73 Å². The molecule has 94 heavy (non-hydrogen) atoms. The highest BCUT2D eigenvalue weighted by Gasteiger charge is 2.41. The summed E-state index contributed by atoms with van der Waals surface area (Å²) in [5.41, 5.74) is 24.9. The van der Waals surface area contributed by atoms with Gasteiger partial charge < -0.3 is 10.6 Å². The number of nitrogens with two attached hydrogens (primary N) is 1. The van der Waals surface area contributed by atoms with Crippen molar-refractivity contribution in [3.63, 3.8) is 0 Å². The number of carbonyl (C=O) groups is 6. The van der Waals surface area contributed by atoms with Crippen LogP contribution in [0.1, 0.15) is 341 Å². The number of aromatic nitrogens is 12. The van der Waals surface area contributed by atoms with Crippen LogP contribution in [-0.4, -0.2) is 113 Å². The van der Waals surface area contributed by atoms with Gasteiger partial charge in [-0.2, -0.15) is 25.5 Å². The van der Waals surface area contributed by atoms with Crippen molar-refractivity contribution in [2.45, 2.75) is 249 Å². The van der Waals surface area contributed by atoms with Gasteiger partial charge in [0.05, 0.1) is 73.9 Å². The summed E-state index contributed by atoms with van der Waals surface area (Å²) >= 11 is 0. The summed E-state index contributed by atoms with van der Waals surface area (Å²) in [6.45, 7) is 39.5. The molecule has 7 aliphatic rings. The van der Waals surface area contributed by atoms with Gasteiger partial charge in [-0.05, 0) is 79.6 Å². The molecule has 0 aromatic carbocycles. The molecule has 512 valence electrons. The first-order chi connectivity index (χ1) is 44.0. The van der Waals surface area contributed by atoms with Crippen molar-refractivity contribution in [2.24, 2.45) is 44.8 Å². The van der Waals surface area contributed by atoms with Crippen LogP contribution in [0.4, 0.5) is 5.95 Å². The van der Waals surface area contributed by atoms with E-state index in [0.717, 1.165) is 111 Å². The third-order valence-corrected chi connectivity index (χ3v) is 19.6. The summed E-state index contributed by atoms with van der Waals surface area (Å²) in [4.78, 5) is 79.8. The number of fused-ring (bicyclic) bond motifs is 7. The first-order valence-electron chi connectivity index (χ1n) is 34.6. The van der Waals surface area contributed by atoms with Gasteiger partial charge in [-0.15, -0.1) is 0 Å². The van der Waals surface area contributed by atoms with Gasteiger partial charge >= 0.3 is 0 Å². The molecule has 2 saturated carbocycles. The van der Waals surface area contributed by atoms with Gasteiger partial charge in [-0.3, -0.25) is 53.0 Å². The number of rotatable bonds is 8. The van der Waals surface area contributed by atoms with Gasteiger partial charge in [0.25, 0.3) is 0 Å². The normalized spacial score (nSPS) is 22.2. The van der Waals surface area contributed by atoms with Crippen molar-refractivity contribution in [1.82, 2.24) is 64.6 Å². The number of anilines is 1. The largest absolute Gasteiger partial charge is 0.383 e. The van der Waals surface area contributed by atoms with Crippen LogP contribution >= 0.6 is 0 Å². The predicted molar refractivity (Wildman–Crippen MR) is 371 cm³/mol. The first kappa shape index (κ1) is 73.9. The molecule has 0 bridgehead atoms. The molecule has 8 unspecified atom stereocenters. The Morgan fingerprint density at radius 2 is 1.10 bits per heavy atom. The van der Waals surface area contributed by atoms with Crippen molar-refractivity contribution >= 4 is 40.6 Å². The third-order valence-electron chi connectivity index (χ3n) is 19.6. The molecule has 2 fully saturated rings. The number of nitrogens with zero attached hydrogens (tertiary/aromatic N) is 11. The van der Waals surface area contributed by atoms with E-state index in [2.05, 4.69) is 150 Å². The highest BCUT2D eigenvalue weighted by atomic mass is 16.2. The fourth-order valence-electron chi connectivity index (χ4n) is 14.5. The van der Waals surface area contributed by atoms with Crippen LogP contribution in [0.15, 0.2) is 18.0 Å². The number of carbonyl (C=O) groups excluding carboxylic acids is 6. The van der Waals surface area contributed by atoms with Crippen LogP contribution in [0.25, 0.3) is 11.3 Å². The number of allylic oxidation sites excluding steroid dienone is 1. The second-order valence-electron chi connectivity index (χ2n) is 29.6. The van der Waals surface area contributed by atoms with Crippen molar-refractivity contribution in [1.29, 1.82) is 0 Å². The van der Waals surface area contributed by atoms with Crippen LogP contribution in [0.3, 0.4) is 0 Å². The average molecular weight is 1290 g/mol. The molecule has 6 heterocycles. The number of Topliss-reactive ketones (excluding diaryl/α,β-unsaturated/α-hetero) is 6. The SMILES string of the molecule is CC(C)C(=O)C1CCC(C)C1=O.CC(C)c1c2c(nn1C)C(C)/C(=C/N(C)C)C2=O.CC(C)c1c2c(nn1C)C(C)CC2=O.CC(C)c1c2c(nn1C)C(C)c1cnc(N)nc1-2.CC(C)c1n[nH]c2c1C(=O)CC2C.CC(C)c1n[nH]c2c1CCC2C.CC1CCCC1=O. The maximum absolute atomic E-state index is 12.5. The Balaban J connectivity index is 0.000000157. The second kappa shape index (κ2) is 30.5. The minimum Gasteiger partial charge on any atom is -0.383 e. The molecule has 0 saturated heterocycles. The Kier molecular flexibility index (Phi) is 24.0. The zero-order valence-corrected chi connectivity index (χ0v) is 61.0. The van der Waals surface area contributed by atoms with Gasteiger partial charge in [-0.25, -0.2) is 9.97 Å². The Hall–Kier alpha value is -7.51. The molecule has 0 amide bonds. The lowest BCUT2D eigenvalue weighted by atomic mass is 9.92. The highest BCUT2D eigenvalue weighted by Crippen LogP contribution is 2.47. The Bertz CT molecular complexity index is 3780. The van der Waals surface area contributed by atoms with Crippen LogP contribution in [0.2, 0.25) is 0 Å². The molecule has 13 rings (SSSR count). The summed E-state index contributed by atoms with van der Waals surface area (Å²) < 4.78 is 5.69. The lowest BCUT2D eigenvalue weighted by Gasteiger charge is -2.11. The number of H-pyrrole nitrogens is 2. The Morgan fingerprint density at radius 3 is 1.60 bits per heavy atom. The minimum absolute atomic E-state index is 0.00394. The molecular formula is C74H110N14O6. The van der Waals surface area contributed by atoms with E-state index in [1.54, 1.807) is 0 Å². The zero-order chi connectivity index (χ0) is 70.0. The standard InChI is InChI=1S/C14H21N3O.C13H17N5.C11H16N2O.C10H14N2O.C10H16N2.C10H16O2.C6H10O/c1-8(2)13-11-12(15-17(13)6)9(3)10(14(11)18)7-16(4)5;1-6(2)12-9-10(17-18(12)4)7(3)8-5-15-13(14)16-11(8)9;1-6(2)11-9-8(14)5-7(3)10(9)12-13(11)4;1-5(2)9-8-7(13)4-6(3)10(8)12-11-9;1-6(2)9-8-5-4-7(3)10(8)12-11-9;1-6(2)9(11)8-5-4-7(3)10(8)12;1-5-3-2-4-6(5)7/h7-9H,1-6H3;5-7H,1-4H3,(H2,14,15,16);6-7H,5H2,1-4H3;5-6H,4H2,1-3H3,(H,11,12);6-7H,4-5H2,1-3H3,(H,11,12);6-8H,4-5H2,1-3H3;5H,2-4H2,1H3/b10-7-;;;;;;. The molecule has 20 nitrogen and oxygen atoms in total. The minimum atomic E-state index is -0.278. The molecule has 0 radical (unpaired) electrons. The average Bonchev–Trinajstić information content (AvgIpc) is 1.60. The predicted octanol–water partition coefficient (Wildman–Crippen LogP) is 14.6. The van der Waals surface area contributed by atoms with E-state index in [0.29, 0.717) is 77.8 Å². The van der Waals surface area contributed by atoms with Crippen molar-refractivity contribution in [3.05, 3.63) is 103 Å². The van der Waals surface area contributed by atoms with E-state index in [-0.39, 0.29) is 58.5 Å². The molecule has 0 aliphatic heterocycles. The van der Waals surface area contributed by atoms with Gasteiger partial charge in [0, 0.05) is 136 Å². The number of aromatic amines is 2. The smallest absolute Gasteiger partial charge is 0.220 e. The first-order valence-corrected chi connectivity index (χ1v) is 34.6. The molecule has 20 heteroatoms. The summed E-state index contributed by atoms with van der Waals surface area (Å²) in [5, 5.41) is 28.3. The monoisotopic (exact) mass is 1290 g/mol. The van der Waals surface area contributed by atoms with Crippen LogP contribution in [0.5, 0.6) is 0 Å². The molecule has 6 aromatic rings. The number of nitrogens with one attached hydrogen (secondary N) is 2. The van der Waals surface area contributed by atoms with Crippen molar-refractivity contribution in [3.8, 4) is 11.3 Å². The molecule has 6 aromatic heterocycles. The van der Waals surface area contributed by atoms with Gasteiger partial charge in [0.1, 0.15) is 17.3 Å². The summed E-state index contributed by atoms with van der Waals surface area (Å²) in [7, 11) is 9.71. The van der Waals surface area contributed by atoms with Crippen LogP contribution < -0.4 is 5.73 Å².